The van der Waals surface area contributed by atoms with Gasteiger partial charge in [-0.1, -0.05) is 210 Å². The van der Waals surface area contributed by atoms with E-state index in [1.165, 1.54) is 99.8 Å². The van der Waals surface area contributed by atoms with Crippen molar-refractivity contribution in [2.24, 2.45) is 0 Å². The second-order valence-electron chi connectivity index (χ2n) is 21.2. The van der Waals surface area contributed by atoms with Gasteiger partial charge in [-0.3, -0.25) is 0 Å². The molecule has 0 aromatic heterocycles. The molecule has 0 saturated carbocycles. The minimum Gasteiger partial charge on any atom is -0.455 e. The molecule has 4 aliphatic rings. The molecule has 1 spiro atoms. The summed E-state index contributed by atoms with van der Waals surface area (Å²) in [4.78, 5) is 2.47. The minimum absolute atomic E-state index is 0.130. The first-order valence-electron chi connectivity index (χ1n) is 25.1. The second kappa shape index (κ2) is 14.3. The molecular formula is C69H49NO. The molecule has 0 atom stereocenters. The number of nitrogens with zero attached hydrogens (tertiary/aromatic N) is 1. The Morgan fingerprint density at radius 1 is 0.296 bits per heavy atom. The SMILES string of the molecule is CC1(C)c2ccccc2-c2ccc(N(c3ccc(-c4ccc5c(c4)C4(c6ccccc6-5)c5ccc6ccccc6c5Oc5c4ccc4ccccc54)cc3)c3ccc4c(c3)C(C)(C)c3ccccc3-4)cc21. The Morgan fingerprint density at radius 2 is 0.704 bits per heavy atom. The molecule has 1 heterocycles. The van der Waals surface area contributed by atoms with Gasteiger partial charge in [0.15, 0.2) is 0 Å². The van der Waals surface area contributed by atoms with Crippen LogP contribution in [0.5, 0.6) is 11.5 Å². The summed E-state index contributed by atoms with van der Waals surface area (Å²) < 4.78 is 7.24. The quantitative estimate of drug-likeness (QED) is 0.174. The number of hydrogen-bond donors (Lipinski definition) is 0. The molecule has 15 rings (SSSR count). The zero-order chi connectivity index (χ0) is 47.4. The van der Waals surface area contributed by atoms with E-state index in [1.54, 1.807) is 0 Å². The van der Waals surface area contributed by atoms with Gasteiger partial charge in [-0.25, -0.2) is 0 Å². The first kappa shape index (κ1) is 40.4. The maximum atomic E-state index is 7.24. The molecule has 0 saturated heterocycles. The van der Waals surface area contributed by atoms with Gasteiger partial charge in [0, 0.05) is 49.8 Å². The fraction of sp³-hybridized carbons (Fsp3) is 0.101. The standard InChI is InChI=1S/C69H49NO/c1-67(2)57-22-12-9-19-51(57)54-35-32-47(40-62(54)67)70(48-33-36-55-52-20-10-13-23-58(52)68(3,4)63(55)41-48)46-30-25-42(26-31-46)45-27-34-56-53-21-11-14-24-59(53)69(64(56)39-45)60-37-28-43-15-5-7-17-49(43)65(60)71-66-50-18-8-6-16-44(50)29-38-61(66)69/h5-41H,1-4H3. The smallest absolute Gasteiger partial charge is 0.140 e. The van der Waals surface area contributed by atoms with Crippen LogP contribution in [0.15, 0.2) is 224 Å². The summed E-state index contributed by atoms with van der Waals surface area (Å²) >= 11 is 0. The van der Waals surface area contributed by atoms with E-state index in [0.29, 0.717) is 0 Å². The number of fused-ring (bicyclic) bond motifs is 19. The molecule has 11 aromatic carbocycles. The van der Waals surface area contributed by atoms with E-state index >= 15 is 0 Å². The predicted molar refractivity (Wildman–Crippen MR) is 294 cm³/mol. The Bertz CT molecular complexity index is 3900. The van der Waals surface area contributed by atoms with Gasteiger partial charge >= 0.3 is 0 Å². The highest BCUT2D eigenvalue weighted by Gasteiger charge is 2.52. The highest BCUT2D eigenvalue weighted by Crippen LogP contribution is 2.64. The Morgan fingerprint density at radius 3 is 1.25 bits per heavy atom. The number of anilines is 3. The van der Waals surface area contributed by atoms with Gasteiger partial charge < -0.3 is 9.64 Å². The third-order valence-electron chi connectivity index (χ3n) is 16.9. The topological polar surface area (TPSA) is 12.5 Å². The fourth-order valence-electron chi connectivity index (χ4n) is 13.5. The maximum absolute atomic E-state index is 7.24. The van der Waals surface area contributed by atoms with Crippen LogP contribution < -0.4 is 9.64 Å². The summed E-state index contributed by atoms with van der Waals surface area (Å²) in [5.41, 5.74) is 23.1. The van der Waals surface area contributed by atoms with E-state index in [1.807, 2.05) is 0 Å². The molecule has 11 aromatic rings. The summed E-state index contributed by atoms with van der Waals surface area (Å²) in [7, 11) is 0. The Hall–Kier alpha value is -8.46. The molecule has 0 bridgehead atoms. The third kappa shape index (κ3) is 5.37. The van der Waals surface area contributed by atoms with Crippen molar-refractivity contribution >= 4 is 38.6 Å². The van der Waals surface area contributed by atoms with Crippen molar-refractivity contribution in [2.75, 3.05) is 4.90 Å². The van der Waals surface area contributed by atoms with Crippen molar-refractivity contribution in [1.29, 1.82) is 0 Å². The van der Waals surface area contributed by atoms with Crippen LogP contribution in [-0.4, -0.2) is 0 Å². The van der Waals surface area contributed by atoms with Crippen molar-refractivity contribution < 1.29 is 4.74 Å². The van der Waals surface area contributed by atoms with E-state index in [-0.39, 0.29) is 10.8 Å². The average molecular weight is 908 g/mol. The van der Waals surface area contributed by atoms with E-state index in [2.05, 4.69) is 257 Å². The van der Waals surface area contributed by atoms with Gasteiger partial charge in [-0.15, -0.1) is 0 Å². The fourth-order valence-corrected chi connectivity index (χ4v) is 13.5. The van der Waals surface area contributed by atoms with Crippen LogP contribution >= 0.6 is 0 Å². The van der Waals surface area contributed by atoms with E-state index in [4.69, 9.17) is 4.74 Å². The maximum Gasteiger partial charge on any atom is 0.140 e. The van der Waals surface area contributed by atoms with Crippen LogP contribution in [0.4, 0.5) is 17.1 Å². The van der Waals surface area contributed by atoms with Crippen molar-refractivity contribution in [1.82, 2.24) is 0 Å². The van der Waals surface area contributed by atoms with Crippen LogP contribution in [-0.2, 0) is 16.2 Å². The van der Waals surface area contributed by atoms with Crippen LogP contribution in [0.2, 0.25) is 0 Å². The summed E-state index contributed by atoms with van der Waals surface area (Å²) in [6.07, 6.45) is 0. The molecule has 2 heteroatoms. The molecule has 3 aliphatic carbocycles. The van der Waals surface area contributed by atoms with Gasteiger partial charge in [0.25, 0.3) is 0 Å². The molecule has 0 amide bonds. The molecule has 0 fully saturated rings. The third-order valence-corrected chi connectivity index (χ3v) is 16.9. The van der Waals surface area contributed by atoms with Gasteiger partial charge in [0.05, 0.1) is 5.41 Å². The minimum atomic E-state index is -0.613. The normalized spacial score (nSPS) is 15.2. The summed E-state index contributed by atoms with van der Waals surface area (Å²) in [6, 6.07) is 84.1. The number of benzene rings is 11. The van der Waals surface area contributed by atoms with Crippen molar-refractivity contribution in [2.45, 2.75) is 43.9 Å². The monoisotopic (exact) mass is 907 g/mol. The van der Waals surface area contributed by atoms with Gasteiger partial charge in [0.2, 0.25) is 0 Å². The van der Waals surface area contributed by atoms with Crippen LogP contribution in [0.25, 0.3) is 66.1 Å². The molecule has 2 nitrogen and oxygen atoms in total. The lowest BCUT2D eigenvalue weighted by atomic mass is 9.65. The predicted octanol–water partition coefficient (Wildman–Crippen LogP) is 18.2. The first-order chi connectivity index (χ1) is 34.7. The van der Waals surface area contributed by atoms with E-state index in [9.17, 15) is 0 Å². The summed E-state index contributed by atoms with van der Waals surface area (Å²) in [5, 5.41) is 4.58. The average Bonchev–Trinajstić information content (AvgIpc) is 3.93. The molecule has 1 aliphatic heterocycles. The van der Waals surface area contributed by atoms with E-state index in [0.717, 1.165) is 39.3 Å². The van der Waals surface area contributed by atoms with Crippen LogP contribution in [0.1, 0.15) is 72.2 Å². The number of rotatable bonds is 4. The van der Waals surface area contributed by atoms with Crippen LogP contribution in [0.3, 0.4) is 0 Å². The lowest BCUT2D eigenvalue weighted by molar-refractivity contribution is 0.447. The molecule has 0 unspecified atom stereocenters. The molecule has 0 N–H and O–H groups in total. The number of ether oxygens (including phenoxy) is 1. The molecule has 336 valence electrons. The first-order valence-corrected chi connectivity index (χ1v) is 25.1. The lowest BCUT2D eigenvalue weighted by Gasteiger charge is -2.40. The number of hydrogen-bond acceptors (Lipinski definition) is 2. The van der Waals surface area contributed by atoms with Crippen molar-refractivity contribution in [3.8, 4) is 56.0 Å². The largest absolute Gasteiger partial charge is 0.455 e. The highest BCUT2D eigenvalue weighted by atomic mass is 16.5. The van der Waals surface area contributed by atoms with Gasteiger partial charge in [-0.2, -0.15) is 0 Å². The van der Waals surface area contributed by atoms with E-state index < -0.39 is 5.41 Å². The van der Waals surface area contributed by atoms with Crippen molar-refractivity contribution in [3.05, 3.63) is 269 Å². The lowest BCUT2D eigenvalue weighted by Crippen LogP contribution is -2.32. The summed E-state index contributed by atoms with van der Waals surface area (Å²) in [5.74, 6) is 1.86. The zero-order valence-corrected chi connectivity index (χ0v) is 40.2. The second-order valence-corrected chi connectivity index (χ2v) is 21.2. The summed E-state index contributed by atoms with van der Waals surface area (Å²) in [6.45, 7) is 9.49. The molecular weight excluding hydrogens is 859 g/mol. The molecule has 71 heavy (non-hydrogen) atoms. The zero-order valence-electron chi connectivity index (χ0n) is 40.2. The van der Waals surface area contributed by atoms with Crippen molar-refractivity contribution in [3.63, 3.8) is 0 Å². The van der Waals surface area contributed by atoms with Gasteiger partial charge in [0.1, 0.15) is 11.5 Å². The highest BCUT2D eigenvalue weighted by molar-refractivity contribution is 6.00. The Kier molecular flexibility index (Phi) is 8.15. The Balaban J connectivity index is 0.906. The Labute approximate surface area is 415 Å². The van der Waals surface area contributed by atoms with Gasteiger partial charge in [-0.05, 0) is 131 Å². The molecule has 0 radical (unpaired) electrons. The van der Waals surface area contributed by atoms with Crippen LogP contribution in [0, 0.1) is 0 Å².